The summed E-state index contributed by atoms with van der Waals surface area (Å²) in [7, 11) is 0. The second-order valence-corrected chi connectivity index (χ2v) is 7.51. The summed E-state index contributed by atoms with van der Waals surface area (Å²) < 4.78 is 0. The topological polar surface area (TPSA) is 34.1 Å². The third-order valence-electron chi connectivity index (χ3n) is 3.56. The Morgan fingerprint density at radius 3 is 1.68 bits per heavy atom. The largest absolute Gasteiger partial charge is 0.299 e. The quantitative estimate of drug-likeness (QED) is 0.750. The Kier molecular flexibility index (Phi) is 3.96. The van der Waals surface area contributed by atoms with Gasteiger partial charge in [-0.05, 0) is 35.8 Å². The Balaban J connectivity index is 3.62. The molecule has 1 rings (SSSR count). The summed E-state index contributed by atoms with van der Waals surface area (Å²) in [6.07, 6.45) is 2.00. The lowest BCUT2D eigenvalue weighted by Crippen LogP contribution is -2.22. The van der Waals surface area contributed by atoms with Crippen molar-refractivity contribution in [3.05, 3.63) is 22.8 Å². The monoisotopic (exact) mass is 262 g/mol. The number of Topliss-reactive ketones (excluding diaryl/α,β-unsaturated/α-hetero) is 2. The van der Waals surface area contributed by atoms with Gasteiger partial charge in [0.1, 0.15) is 5.78 Å². The zero-order valence-electron chi connectivity index (χ0n) is 13.5. The van der Waals surface area contributed by atoms with E-state index in [4.69, 9.17) is 0 Å². The highest BCUT2D eigenvalue weighted by Crippen LogP contribution is 2.48. The molecule has 1 aliphatic rings. The fraction of sp³-hybridized carbons (Fsp3) is 0.647. The molecule has 2 nitrogen and oxygen atoms in total. The second-order valence-electron chi connectivity index (χ2n) is 7.51. The van der Waals surface area contributed by atoms with Crippen LogP contribution < -0.4 is 0 Å². The van der Waals surface area contributed by atoms with Crippen molar-refractivity contribution in [2.45, 2.75) is 55.4 Å². The summed E-state index contributed by atoms with van der Waals surface area (Å²) in [5.41, 5.74) is 2.71. The zero-order valence-corrected chi connectivity index (χ0v) is 13.5. The zero-order chi connectivity index (χ0) is 15.2. The number of rotatable bonds is 2. The van der Waals surface area contributed by atoms with E-state index in [1.807, 2.05) is 6.08 Å². The molecule has 1 aliphatic carbocycles. The number of hydrogen-bond acceptors (Lipinski definition) is 2. The molecule has 19 heavy (non-hydrogen) atoms. The van der Waals surface area contributed by atoms with Crippen molar-refractivity contribution >= 4 is 11.6 Å². The van der Waals surface area contributed by atoms with Crippen LogP contribution in [-0.4, -0.2) is 11.6 Å². The van der Waals surface area contributed by atoms with Crippen molar-refractivity contribution in [1.29, 1.82) is 0 Å². The molecule has 106 valence electrons. The number of hydrogen-bond donors (Lipinski definition) is 0. The van der Waals surface area contributed by atoms with Gasteiger partial charge in [-0.3, -0.25) is 9.59 Å². The van der Waals surface area contributed by atoms with E-state index in [0.717, 1.165) is 11.1 Å². The molecule has 0 aromatic heterocycles. The first kappa shape index (κ1) is 15.9. The van der Waals surface area contributed by atoms with E-state index in [2.05, 4.69) is 41.5 Å². The predicted molar refractivity (Wildman–Crippen MR) is 78.9 cm³/mol. The van der Waals surface area contributed by atoms with Gasteiger partial charge in [-0.1, -0.05) is 47.6 Å². The molecule has 0 fully saturated rings. The molecule has 0 saturated carbocycles. The van der Waals surface area contributed by atoms with Gasteiger partial charge in [-0.25, -0.2) is 0 Å². The van der Waals surface area contributed by atoms with Gasteiger partial charge in [0.15, 0.2) is 5.78 Å². The molecule has 0 aromatic rings. The van der Waals surface area contributed by atoms with Gasteiger partial charge in [0.05, 0.1) is 5.92 Å². The van der Waals surface area contributed by atoms with Gasteiger partial charge in [-0.2, -0.15) is 0 Å². The molecular formula is C17H26O2. The summed E-state index contributed by atoms with van der Waals surface area (Å²) in [6, 6.07) is 0. The Labute approximate surface area is 117 Å². The second kappa shape index (κ2) is 4.73. The third-order valence-corrected chi connectivity index (χ3v) is 3.56. The fourth-order valence-electron chi connectivity index (χ4n) is 2.78. The molecule has 2 heteroatoms. The minimum atomic E-state index is -0.360. The van der Waals surface area contributed by atoms with Crippen LogP contribution in [0.2, 0.25) is 0 Å². The average Bonchev–Trinajstić information content (AvgIpc) is 2.55. The van der Waals surface area contributed by atoms with Gasteiger partial charge < -0.3 is 0 Å². The van der Waals surface area contributed by atoms with Crippen LogP contribution in [0.1, 0.15) is 55.4 Å². The van der Waals surface area contributed by atoms with E-state index in [1.54, 1.807) is 13.8 Å². The van der Waals surface area contributed by atoms with Crippen LogP contribution >= 0.6 is 0 Å². The molecular weight excluding hydrogens is 236 g/mol. The minimum Gasteiger partial charge on any atom is -0.299 e. The first-order valence-corrected chi connectivity index (χ1v) is 6.86. The van der Waals surface area contributed by atoms with E-state index in [1.165, 1.54) is 0 Å². The average molecular weight is 262 g/mol. The van der Waals surface area contributed by atoms with E-state index in [0.29, 0.717) is 5.57 Å². The Bertz CT molecular complexity index is 476. The molecule has 0 radical (unpaired) electrons. The molecule has 1 atom stereocenters. The molecule has 0 aromatic carbocycles. The standard InChI is InChI=1S/C17H26O2/c1-10(18)12-9-13(16(3,4)5)15(17(6,7)8)14(12)11(2)19/h9,12H,1-8H3. The van der Waals surface area contributed by atoms with Crippen molar-refractivity contribution < 1.29 is 9.59 Å². The molecule has 0 saturated heterocycles. The Hall–Kier alpha value is -1.18. The van der Waals surface area contributed by atoms with Gasteiger partial charge in [-0.15, -0.1) is 0 Å². The van der Waals surface area contributed by atoms with E-state index in [9.17, 15) is 9.59 Å². The van der Waals surface area contributed by atoms with Crippen molar-refractivity contribution in [2.24, 2.45) is 16.7 Å². The Morgan fingerprint density at radius 2 is 1.42 bits per heavy atom. The lowest BCUT2D eigenvalue weighted by atomic mass is 9.72. The van der Waals surface area contributed by atoms with E-state index in [-0.39, 0.29) is 28.3 Å². The van der Waals surface area contributed by atoms with Crippen molar-refractivity contribution in [2.75, 3.05) is 0 Å². The number of carbonyl (C=O) groups is 2. The highest BCUT2D eigenvalue weighted by atomic mass is 16.1. The van der Waals surface area contributed by atoms with Crippen LogP contribution in [-0.2, 0) is 9.59 Å². The maximum absolute atomic E-state index is 12.0. The van der Waals surface area contributed by atoms with Crippen LogP contribution in [0.5, 0.6) is 0 Å². The fourth-order valence-corrected chi connectivity index (χ4v) is 2.78. The van der Waals surface area contributed by atoms with Crippen LogP contribution in [0.15, 0.2) is 22.8 Å². The van der Waals surface area contributed by atoms with Gasteiger partial charge in [0.25, 0.3) is 0 Å². The van der Waals surface area contributed by atoms with Gasteiger partial charge >= 0.3 is 0 Å². The van der Waals surface area contributed by atoms with Crippen LogP contribution in [0.25, 0.3) is 0 Å². The number of ketones is 2. The first-order valence-electron chi connectivity index (χ1n) is 6.86. The Morgan fingerprint density at radius 1 is 0.947 bits per heavy atom. The number of carbonyl (C=O) groups excluding carboxylic acids is 2. The predicted octanol–water partition coefficient (Wildman–Crippen LogP) is 4.11. The normalized spacial score (nSPS) is 20.6. The minimum absolute atomic E-state index is 0.0145. The van der Waals surface area contributed by atoms with E-state index < -0.39 is 0 Å². The van der Waals surface area contributed by atoms with Crippen LogP contribution in [0.3, 0.4) is 0 Å². The van der Waals surface area contributed by atoms with Crippen molar-refractivity contribution in [1.82, 2.24) is 0 Å². The summed E-state index contributed by atoms with van der Waals surface area (Å²) >= 11 is 0. The summed E-state index contributed by atoms with van der Waals surface area (Å²) in [4.78, 5) is 23.9. The molecule has 0 spiro atoms. The van der Waals surface area contributed by atoms with Gasteiger partial charge in [0, 0.05) is 5.57 Å². The van der Waals surface area contributed by atoms with Crippen molar-refractivity contribution in [3.63, 3.8) is 0 Å². The smallest absolute Gasteiger partial charge is 0.157 e. The molecule has 0 heterocycles. The highest BCUT2D eigenvalue weighted by Gasteiger charge is 2.40. The van der Waals surface area contributed by atoms with E-state index >= 15 is 0 Å². The molecule has 1 unspecified atom stereocenters. The molecule has 0 bridgehead atoms. The summed E-state index contributed by atoms with van der Waals surface area (Å²) in [5, 5.41) is 0. The first-order chi connectivity index (χ1) is 8.37. The van der Waals surface area contributed by atoms with Crippen LogP contribution in [0.4, 0.5) is 0 Å². The maximum atomic E-state index is 12.0. The van der Waals surface area contributed by atoms with Gasteiger partial charge in [0.2, 0.25) is 0 Å². The highest BCUT2D eigenvalue weighted by molar-refractivity contribution is 6.04. The third kappa shape index (κ3) is 3.05. The lowest BCUT2D eigenvalue weighted by molar-refractivity contribution is -0.121. The molecule has 0 N–H and O–H groups in total. The SMILES string of the molecule is CC(=O)C1=C(C(C)(C)C)C(C(C)(C)C)=CC1C(C)=O. The maximum Gasteiger partial charge on any atom is 0.157 e. The number of allylic oxidation sites excluding steroid dienone is 4. The lowest BCUT2D eigenvalue weighted by Gasteiger charge is -2.32. The molecule has 0 amide bonds. The molecule has 0 aliphatic heterocycles. The summed E-state index contributed by atoms with van der Waals surface area (Å²) in [6.45, 7) is 15.8. The summed E-state index contributed by atoms with van der Waals surface area (Å²) in [5.74, 6) is -0.298. The van der Waals surface area contributed by atoms with Crippen LogP contribution in [0, 0.1) is 16.7 Å². The van der Waals surface area contributed by atoms with Crippen molar-refractivity contribution in [3.8, 4) is 0 Å².